The van der Waals surface area contributed by atoms with Crippen molar-refractivity contribution in [3.05, 3.63) is 0 Å². The smallest absolute Gasteiger partial charge is 0.420 e. The van der Waals surface area contributed by atoms with E-state index in [1.165, 1.54) is 0 Å². The highest BCUT2D eigenvalue weighted by atomic mass is 16.6. The summed E-state index contributed by atoms with van der Waals surface area (Å²) < 4.78 is 21.5. The second kappa shape index (κ2) is 12.7. The Morgan fingerprint density at radius 2 is 1.00 bits per heavy atom. The van der Waals surface area contributed by atoms with Gasteiger partial charge in [0, 0.05) is 6.42 Å². The van der Waals surface area contributed by atoms with Gasteiger partial charge in [0.2, 0.25) is 0 Å². The molecule has 0 bridgehead atoms. The topological polar surface area (TPSA) is 129 Å². The Hall–Kier alpha value is -2.36. The van der Waals surface area contributed by atoms with Crippen LogP contribution in [0.15, 0.2) is 0 Å². The lowest BCUT2D eigenvalue weighted by atomic mass is 10.0. The van der Waals surface area contributed by atoms with Gasteiger partial charge in [-0.15, -0.1) is 0 Å². The lowest BCUT2D eigenvalue weighted by Gasteiger charge is -2.34. The molecule has 2 amide bonds. The molecule has 10 nitrogen and oxygen atoms in total. The Labute approximate surface area is 216 Å². The van der Waals surface area contributed by atoms with Crippen LogP contribution in [0.5, 0.6) is 0 Å². The highest BCUT2D eigenvalue weighted by Gasteiger charge is 2.42. The zero-order valence-electron chi connectivity index (χ0n) is 24.1. The molecule has 210 valence electrons. The maximum absolute atomic E-state index is 13.1. The number of ether oxygens (including phenoxy) is 4. The number of amides is 2. The van der Waals surface area contributed by atoms with Crippen LogP contribution in [0, 0.1) is 0 Å². The summed E-state index contributed by atoms with van der Waals surface area (Å²) in [6.07, 6.45) is -3.24. The summed E-state index contributed by atoms with van der Waals surface area (Å²) in [5, 5.41) is 10.5. The quantitative estimate of drug-likeness (QED) is 0.344. The third-order valence-electron chi connectivity index (χ3n) is 4.05. The Balaban J connectivity index is 5.87. The highest BCUT2D eigenvalue weighted by molar-refractivity contribution is 5.94. The van der Waals surface area contributed by atoms with Crippen molar-refractivity contribution in [1.29, 1.82) is 0 Å². The summed E-state index contributed by atoms with van der Waals surface area (Å²) in [5.74, 6) is -1.31. The van der Waals surface area contributed by atoms with Crippen molar-refractivity contribution >= 4 is 24.1 Å². The highest BCUT2D eigenvalue weighted by Crippen LogP contribution is 2.23. The van der Waals surface area contributed by atoms with Crippen LogP contribution in [0.2, 0.25) is 0 Å². The zero-order chi connectivity index (χ0) is 28.7. The van der Waals surface area contributed by atoms with Gasteiger partial charge in [-0.3, -0.25) is 4.79 Å². The predicted octanol–water partition coefficient (Wildman–Crippen LogP) is 5.13. The summed E-state index contributed by atoms with van der Waals surface area (Å²) in [6.45, 7) is 20.0. The van der Waals surface area contributed by atoms with Gasteiger partial charge in [-0.1, -0.05) is 0 Å². The molecule has 1 unspecified atom stereocenters. The Morgan fingerprint density at radius 3 is 1.36 bits per heavy atom. The Kier molecular flexibility index (Phi) is 11.9. The molecular weight excluding hydrogens is 470 g/mol. The number of carbonyl (C=O) groups is 4. The predicted molar refractivity (Wildman–Crippen MR) is 134 cm³/mol. The molecule has 1 N–H and O–H groups in total. The summed E-state index contributed by atoms with van der Waals surface area (Å²) >= 11 is 0. The molecule has 36 heavy (non-hydrogen) atoms. The molecule has 0 aromatic rings. The number of carbonyl (C=O) groups excluding carboxylic acids is 4. The largest absolute Gasteiger partial charge is 0.460 e. The van der Waals surface area contributed by atoms with E-state index in [1.807, 2.05) is 0 Å². The average molecular weight is 518 g/mol. The molecule has 0 spiro atoms. The molecule has 0 heterocycles. The number of hydrogen-bond donors (Lipinski definition) is 1. The maximum atomic E-state index is 13.1. The second-order valence-electron chi connectivity index (χ2n) is 12.7. The third kappa shape index (κ3) is 15.6. The Morgan fingerprint density at radius 1 is 0.611 bits per heavy atom. The van der Waals surface area contributed by atoms with Crippen LogP contribution in [0.4, 0.5) is 9.59 Å². The van der Waals surface area contributed by atoms with Crippen LogP contribution in [0.25, 0.3) is 0 Å². The average Bonchev–Trinajstić information content (AvgIpc) is 2.56. The van der Waals surface area contributed by atoms with E-state index in [9.17, 15) is 24.3 Å². The molecular formula is C26H47NO9. The van der Waals surface area contributed by atoms with Crippen molar-refractivity contribution in [3.8, 4) is 0 Å². The number of imide groups is 1. The molecule has 0 aliphatic heterocycles. The number of nitrogens with zero attached hydrogens (tertiary/aromatic N) is 1. The van der Waals surface area contributed by atoms with Crippen LogP contribution in [-0.2, 0) is 28.5 Å². The molecule has 0 saturated heterocycles. The maximum Gasteiger partial charge on any atom is 0.420 e. The Bertz CT molecular complexity index is 736. The van der Waals surface area contributed by atoms with Crippen LogP contribution in [0.1, 0.15) is 109 Å². The number of esters is 2. The minimum Gasteiger partial charge on any atom is -0.460 e. The standard InChI is InChI=1S/C26H47NO9/c1-23(2,3)33-19(29)16-14-17(28)13-15-18(20(30)34-24(4,5)6)27(21(31)35-25(7,8)9)22(32)36-26(10,11)12/h17-18,28H,13-16H2,1-12H3/t17?,18-/m0/s1. The third-order valence-corrected chi connectivity index (χ3v) is 4.05. The first kappa shape index (κ1) is 33.6. The van der Waals surface area contributed by atoms with Crippen molar-refractivity contribution < 1.29 is 43.2 Å². The van der Waals surface area contributed by atoms with Crippen LogP contribution < -0.4 is 0 Å². The van der Waals surface area contributed by atoms with Crippen LogP contribution in [0.3, 0.4) is 0 Å². The van der Waals surface area contributed by atoms with Crippen molar-refractivity contribution in [2.45, 2.75) is 143 Å². The second-order valence-corrected chi connectivity index (χ2v) is 12.7. The molecule has 0 aliphatic rings. The van der Waals surface area contributed by atoms with Crippen molar-refractivity contribution in [2.24, 2.45) is 0 Å². The van der Waals surface area contributed by atoms with Gasteiger partial charge in [-0.2, -0.15) is 4.90 Å². The van der Waals surface area contributed by atoms with Gasteiger partial charge in [-0.25, -0.2) is 14.4 Å². The van der Waals surface area contributed by atoms with Gasteiger partial charge in [0.25, 0.3) is 0 Å². The summed E-state index contributed by atoms with van der Waals surface area (Å²) in [4.78, 5) is 51.8. The van der Waals surface area contributed by atoms with E-state index in [2.05, 4.69) is 0 Å². The monoisotopic (exact) mass is 517 g/mol. The number of aliphatic hydroxyl groups is 1. The summed E-state index contributed by atoms with van der Waals surface area (Å²) in [6, 6.07) is -1.43. The molecule has 2 atom stereocenters. The van der Waals surface area contributed by atoms with E-state index in [0.29, 0.717) is 4.90 Å². The first-order valence-corrected chi connectivity index (χ1v) is 12.3. The molecule has 0 aromatic heterocycles. The first-order valence-electron chi connectivity index (χ1n) is 12.3. The van der Waals surface area contributed by atoms with Gasteiger partial charge in [0.1, 0.15) is 28.4 Å². The van der Waals surface area contributed by atoms with Gasteiger partial charge in [-0.05, 0) is 102 Å². The first-order chi connectivity index (χ1) is 15.9. The minimum absolute atomic E-state index is 0.00516. The molecule has 0 fully saturated rings. The van der Waals surface area contributed by atoms with Crippen molar-refractivity contribution in [3.63, 3.8) is 0 Å². The lowest BCUT2D eigenvalue weighted by Crippen LogP contribution is -2.53. The fraction of sp³-hybridized carbons (Fsp3) is 0.846. The van der Waals surface area contributed by atoms with Crippen molar-refractivity contribution in [2.75, 3.05) is 0 Å². The van der Waals surface area contributed by atoms with E-state index in [-0.39, 0.29) is 25.7 Å². The fourth-order valence-corrected chi connectivity index (χ4v) is 2.84. The van der Waals surface area contributed by atoms with Gasteiger partial charge >= 0.3 is 24.1 Å². The summed E-state index contributed by atoms with van der Waals surface area (Å²) in [5.41, 5.74) is -3.46. The van der Waals surface area contributed by atoms with Gasteiger partial charge in [0.05, 0.1) is 6.10 Å². The van der Waals surface area contributed by atoms with E-state index in [1.54, 1.807) is 83.1 Å². The van der Waals surface area contributed by atoms with Crippen LogP contribution in [-0.4, -0.2) is 68.7 Å². The van der Waals surface area contributed by atoms with Crippen molar-refractivity contribution in [1.82, 2.24) is 4.90 Å². The number of rotatable bonds is 8. The van der Waals surface area contributed by atoms with E-state index in [0.717, 1.165) is 0 Å². The molecule has 0 aliphatic carbocycles. The molecule has 0 radical (unpaired) electrons. The minimum atomic E-state index is -1.43. The fourth-order valence-electron chi connectivity index (χ4n) is 2.84. The number of hydrogen-bond acceptors (Lipinski definition) is 9. The van der Waals surface area contributed by atoms with Gasteiger partial charge in [0.15, 0.2) is 0 Å². The normalized spacial score (nSPS) is 14.4. The van der Waals surface area contributed by atoms with E-state index >= 15 is 0 Å². The molecule has 0 rings (SSSR count). The van der Waals surface area contributed by atoms with Gasteiger partial charge < -0.3 is 24.1 Å². The molecule has 0 saturated carbocycles. The number of aliphatic hydroxyl groups excluding tert-OH is 1. The van der Waals surface area contributed by atoms with Crippen LogP contribution >= 0.6 is 0 Å². The van der Waals surface area contributed by atoms with E-state index in [4.69, 9.17) is 18.9 Å². The summed E-state index contributed by atoms with van der Waals surface area (Å²) in [7, 11) is 0. The zero-order valence-corrected chi connectivity index (χ0v) is 24.1. The SMILES string of the molecule is CC(C)(C)OC(=O)CCC(O)CC[C@@H](C(=O)OC(C)(C)C)N(C(=O)OC(C)(C)C)C(=O)OC(C)(C)C. The molecule has 10 heteroatoms. The lowest BCUT2D eigenvalue weighted by molar-refractivity contribution is -0.161. The van der Waals surface area contributed by atoms with E-state index < -0.39 is 58.7 Å². The molecule has 0 aromatic carbocycles.